The highest BCUT2D eigenvalue weighted by Gasteiger charge is 2.35. The number of aromatic hydroxyl groups is 1. The van der Waals surface area contributed by atoms with E-state index in [1.54, 1.807) is 11.0 Å². The second-order valence-electron chi connectivity index (χ2n) is 10.1. The molecule has 1 atom stereocenters. The number of carbonyl (C=O) groups excluding carboxylic acids is 2. The Morgan fingerprint density at radius 2 is 1.81 bits per heavy atom. The minimum absolute atomic E-state index is 0.0285. The molecule has 0 bridgehead atoms. The monoisotopic (exact) mass is 493 g/mol. The third-order valence-corrected chi connectivity index (χ3v) is 7.63. The predicted octanol–water partition coefficient (Wildman–Crippen LogP) is 4.63. The van der Waals surface area contributed by atoms with Crippen LogP contribution >= 0.6 is 0 Å². The molecule has 194 valence electrons. The Labute approximate surface area is 214 Å². The summed E-state index contributed by atoms with van der Waals surface area (Å²) in [5.74, 6) is 0.0936. The lowest BCUT2D eigenvalue weighted by molar-refractivity contribution is -0.140. The molecule has 0 radical (unpaired) electrons. The zero-order chi connectivity index (χ0) is 25.8. The van der Waals surface area contributed by atoms with Crippen molar-refractivity contribution in [1.82, 2.24) is 4.90 Å². The number of unbranched alkanes of at least 4 members (excludes halogenated alkanes) is 2. The first-order valence-corrected chi connectivity index (χ1v) is 13.1. The summed E-state index contributed by atoms with van der Waals surface area (Å²) in [6.07, 6.45) is 3.81. The van der Waals surface area contributed by atoms with Crippen LogP contribution in [0.15, 0.2) is 24.3 Å². The van der Waals surface area contributed by atoms with Crippen LogP contribution in [-0.4, -0.2) is 54.2 Å². The second kappa shape index (κ2) is 11.3. The number of nitrogens with one attached hydrogen (secondary N) is 1. The number of nitrogens with zero attached hydrogens (tertiary/aromatic N) is 2. The molecule has 0 spiro atoms. The summed E-state index contributed by atoms with van der Waals surface area (Å²) >= 11 is 0. The highest BCUT2D eigenvalue weighted by atomic mass is 16.5. The molecule has 2 aliphatic heterocycles. The van der Waals surface area contributed by atoms with Crippen LogP contribution in [0.2, 0.25) is 0 Å². The summed E-state index contributed by atoms with van der Waals surface area (Å²) in [4.78, 5) is 31.0. The highest BCUT2D eigenvalue weighted by molar-refractivity contribution is 5.98. The molecule has 0 unspecified atom stereocenters. The number of phenolic OH excluding ortho intramolecular Hbond substituents is 1. The van der Waals surface area contributed by atoms with Crippen LogP contribution in [0.3, 0.4) is 0 Å². The SMILES string of the molecule is CCCCCC(=O)N1Cc2cc(N3CCOCC3)ccc2C[C@H]1C(=O)Nc1cc(C)c(O)c(C)c1C. The number of anilines is 2. The van der Waals surface area contributed by atoms with Gasteiger partial charge in [-0.3, -0.25) is 9.59 Å². The van der Waals surface area contributed by atoms with Crippen LogP contribution < -0.4 is 10.2 Å². The molecule has 2 aromatic carbocycles. The Hall–Kier alpha value is -3.06. The number of aryl methyl sites for hydroxylation is 1. The minimum atomic E-state index is -0.574. The van der Waals surface area contributed by atoms with Crippen LogP contribution in [-0.2, 0) is 27.3 Å². The quantitative estimate of drug-likeness (QED) is 0.434. The Balaban J connectivity index is 1.60. The lowest BCUT2D eigenvalue weighted by Crippen LogP contribution is -2.50. The van der Waals surface area contributed by atoms with E-state index >= 15 is 0 Å². The van der Waals surface area contributed by atoms with Gasteiger partial charge in [0.05, 0.1) is 13.2 Å². The maximum atomic E-state index is 13.6. The Bertz CT molecular complexity index is 1120. The Morgan fingerprint density at radius 3 is 2.53 bits per heavy atom. The molecule has 36 heavy (non-hydrogen) atoms. The molecule has 2 amide bonds. The van der Waals surface area contributed by atoms with Crippen molar-refractivity contribution in [2.24, 2.45) is 0 Å². The lowest BCUT2D eigenvalue weighted by atomic mass is 9.92. The molecule has 2 N–H and O–H groups in total. The standard InChI is InChI=1S/C29H39N3O4/c1-5-6-7-8-27(33)32-18-23-16-24(31-11-13-36-14-12-31)10-9-22(23)17-26(32)29(35)30-25-15-19(2)28(34)21(4)20(25)3/h9-10,15-16,26,34H,5-8,11-14,17-18H2,1-4H3,(H,30,35)/t26-/m0/s1. The molecule has 2 heterocycles. The van der Waals surface area contributed by atoms with Crippen LogP contribution in [0.5, 0.6) is 5.75 Å². The molecular weight excluding hydrogens is 454 g/mol. The van der Waals surface area contributed by atoms with Crippen molar-refractivity contribution in [3.63, 3.8) is 0 Å². The average molecular weight is 494 g/mol. The first-order valence-electron chi connectivity index (χ1n) is 13.1. The van der Waals surface area contributed by atoms with Gasteiger partial charge in [-0.25, -0.2) is 0 Å². The number of fused-ring (bicyclic) bond motifs is 1. The Kier molecular flexibility index (Phi) is 8.19. The number of ether oxygens (including phenoxy) is 1. The van der Waals surface area contributed by atoms with Gasteiger partial charge < -0.3 is 25.0 Å². The van der Waals surface area contributed by atoms with E-state index in [0.29, 0.717) is 30.6 Å². The molecular formula is C29H39N3O4. The van der Waals surface area contributed by atoms with Gasteiger partial charge in [0.2, 0.25) is 11.8 Å². The third kappa shape index (κ3) is 5.51. The van der Waals surface area contributed by atoms with Crippen molar-refractivity contribution in [1.29, 1.82) is 0 Å². The first-order chi connectivity index (χ1) is 17.3. The molecule has 7 heteroatoms. The molecule has 2 aromatic rings. The van der Waals surface area contributed by atoms with Crippen LogP contribution in [0.1, 0.15) is 60.4 Å². The minimum Gasteiger partial charge on any atom is -0.507 e. The van der Waals surface area contributed by atoms with Gasteiger partial charge in [-0.1, -0.05) is 25.8 Å². The van der Waals surface area contributed by atoms with E-state index in [1.807, 2.05) is 20.8 Å². The molecule has 7 nitrogen and oxygen atoms in total. The van der Waals surface area contributed by atoms with Crippen molar-refractivity contribution >= 4 is 23.2 Å². The lowest BCUT2D eigenvalue weighted by Gasteiger charge is -2.37. The van der Waals surface area contributed by atoms with E-state index in [9.17, 15) is 14.7 Å². The fraction of sp³-hybridized carbons (Fsp3) is 0.517. The van der Waals surface area contributed by atoms with Crippen LogP contribution in [0.25, 0.3) is 0 Å². The third-order valence-electron chi connectivity index (χ3n) is 7.63. The molecule has 0 aromatic heterocycles. The van der Waals surface area contributed by atoms with E-state index in [2.05, 4.69) is 35.3 Å². The highest BCUT2D eigenvalue weighted by Crippen LogP contribution is 2.32. The van der Waals surface area contributed by atoms with Crippen LogP contribution in [0, 0.1) is 20.8 Å². The number of morpholine rings is 1. The van der Waals surface area contributed by atoms with Crippen molar-refractivity contribution in [2.45, 2.75) is 72.4 Å². The Morgan fingerprint density at radius 1 is 1.06 bits per heavy atom. The van der Waals surface area contributed by atoms with Crippen LogP contribution in [0.4, 0.5) is 11.4 Å². The van der Waals surface area contributed by atoms with Gasteiger partial charge in [0, 0.05) is 43.9 Å². The second-order valence-corrected chi connectivity index (χ2v) is 10.1. The molecule has 0 saturated carbocycles. The van der Waals surface area contributed by atoms with Gasteiger partial charge in [-0.05, 0) is 73.2 Å². The summed E-state index contributed by atoms with van der Waals surface area (Å²) in [7, 11) is 0. The summed E-state index contributed by atoms with van der Waals surface area (Å²) < 4.78 is 5.50. The van der Waals surface area contributed by atoms with Gasteiger partial charge in [0.15, 0.2) is 0 Å². The van der Waals surface area contributed by atoms with Crippen molar-refractivity contribution < 1.29 is 19.4 Å². The van der Waals surface area contributed by atoms with Crippen molar-refractivity contribution in [2.75, 3.05) is 36.5 Å². The predicted molar refractivity (Wildman–Crippen MR) is 143 cm³/mol. The topological polar surface area (TPSA) is 82.1 Å². The molecule has 1 saturated heterocycles. The molecule has 0 aliphatic carbocycles. The van der Waals surface area contributed by atoms with Gasteiger partial charge in [-0.15, -0.1) is 0 Å². The summed E-state index contributed by atoms with van der Waals surface area (Å²) in [5, 5.41) is 13.3. The first kappa shape index (κ1) is 26.0. The maximum absolute atomic E-state index is 13.6. The zero-order valence-corrected chi connectivity index (χ0v) is 22.0. The van der Waals surface area contributed by atoms with E-state index < -0.39 is 6.04 Å². The normalized spacial score (nSPS) is 17.6. The van der Waals surface area contributed by atoms with Crippen molar-refractivity contribution in [3.8, 4) is 5.75 Å². The number of carbonyl (C=O) groups is 2. The number of benzene rings is 2. The van der Waals surface area contributed by atoms with Gasteiger partial charge in [0.25, 0.3) is 0 Å². The molecule has 2 aliphatic rings. The maximum Gasteiger partial charge on any atom is 0.247 e. The van der Waals surface area contributed by atoms with E-state index in [1.165, 1.54) is 0 Å². The number of hydrogen-bond donors (Lipinski definition) is 2. The van der Waals surface area contributed by atoms with Gasteiger partial charge in [0.1, 0.15) is 11.8 Å². The summed E-state index contributed by atoms with van der Waals surface area (Å²) in [6, 6.07) is 7.63. The average Bonchev–Trinajstić information content (AvgIpc) is 2.90. The number of rotatable bonds is 7. The number of amides is 2. The summed E-state index contributed by atoms with van der Waals surface area (Å²) in [6.45, 7) is 11.3. The van der Waals surface area contributed by atoms with Gasteiger partial charge >= 0.3 is 0 Å². The van der Waals surface area contributed by atoms with E-state index in [4.69, 9.17) is 4.74 Å². The van der Waals surface area contributed by atoms with E-state index in [0.717, 1.165) is 73.5 Å². The van der Waals surface area contributed by atoms with E-state index in [-0.39, 0.29) is 17.6 Å². The van der Waals surface area contributed by atoms with Gasteiger partial charge in [-0.2, -0.15) is 0 Å². The smallest absolute Gasteiger partial charge is 0.247 e. The number of hydrogen-bond acceptors (Lipinski definition) is 5. The fourth-order valence-corrected chi connectivity index (χ4v) is 5.17. The number of phenols is 1. The summed E-state index contributed by atoms with van der Waals surface area (Å²) in [5.41, 5.74) is 6.34. The molecule has 4 rings (SSSR count). The largest absolute Gasteiger partial charge is 0.507 e. The molecule has 1 fully saturated rings. The fourth-order valence-electron chi connectivity index (χ4n) is 5.17. The zero-order valence-electron chi connectivity index (χ0n) is 22.0. The van der Waals surface area contributed by atoms with Crippen molar-refractivity contribution in [3.05, 3.63) is 52.1 Å².